The Kier molecular flexibility index (Phi) is 7.55. The van der Waals surface area contributed by atoms with E-state index in [4.69, 9.17) is 14.2 Å². The summed E-state index contributed by atoms with van der Waals surface area (Å²) in [6, 6.07) is 9.46. The van der Waals surface area contributed by atoms with Gasteiger partial charge in [0.05, 0.1) is 30.0 Å². The molecule has 5 atom stereocenters. The summed E-state index contributed by atoms with van der Waals surface area (Å²) in [6.07, 6.45) is -1.08. The highest BCUT2D eigenvalue weighted by Crippen LogP contribution is 2.39. The number of thiophene rings is 1. The van der Waals surface area contributed by atoms with E-state index >= 15 is 0 Å². The predicted octanol–water partition coefficient (Wildman–Crippen LogP) is 3.13. The maximum Gasteiger partial charge on any atom is 0.333 e. The number of aliphatic hydroxyl groups is 1. The lowest BCUT2D eigenvalue weighted by Gasteiger charge is -2.28. The average molecular weight is 616 g/mol. The fourth-order valence-corrected chi connectivity index (χ4v) is 7.66. The highest BCUT2D eigenvalue weighted by molar-refractivity contribution is 7.96. The second kappa shape index (κ2) is 10.9. The van der Waals surface area contributed by atoms with Crippen LogP contribution in [0.15, 0.2) is 51.5 Å². The Morgan fingerprint density at radius 3 is 2.63 bits per heavy atom. The molecule has 6 rings (SSSR count). The van der Waals surface area contributed by atoms with Crippen molar-refractivity contribution in [3.05, 3.63) is 73.9 Å². The number of ether oxygens (including phenoxy) is 3. The average Bonchev–Trinajstić information content (AvgIpc) is 3.73. The lowest BCUT2D eigenvalue weighted by Crippen LogP contribution is -2.51. The topological polar surface area (TPSA) is 122 Å². The van der Waals surface area contributed by atoms with Crippen LogP contribution in [0, 0.1) is 6.92 Å². The predicted molar refractivity (Wildman–Crippen MR) is 159 cm³/mol. The van der Waals surface area contributed by atoms with Crippen LogP contribution in [0.25, 0.3) is 20.1 Å². The number of thiazole rings is 1. The molecule has 13 heteroatoms. The second-order valence-electron chi connectivity index (χ2n) is 10.7. The van der Waals surface area contributed by atoms with Gasteiger partial charge in [0.25, 0.3) is 5.56 Å². The van der Waals surface area contributed by atoms with Gasteiger partial charge >= 0.3 is 5.69 Å². The van der Waals surface area contributed by atoms with Crippen LogP contribution >= 0.6 is 35.3 Å². The van der Waals surface area contributed by atoms with Gasteiger partial charge in [-0.1, -0.05) is 30.3 Å². The molecule has 2 saturated heterocycles. The van der Waals surface area contributed by atoms with E-state index in [9.17, 15) is 19.5 Å². The van der Waals surface area contributed by atoms with Gasteiger partial charge in [-0.05, 0) is 31.9 Å². The number of aromatic nitrogens is 3. The molecule has 10 nitrogen and oxygen atoms in total. The van der Waals surface area contributed by atoms with Crippen molar-refractivity contribution in [3.63, 3.8) is 0 Å². The number of thiol groups is 1. The number of fused-ring (bicyclic) bond motifs is 2. The third-order valence-corrected chi connectivity index (χ3v) is 10.6. The van der Waals surface area contributed by atoms with E-state index in [0.717, 1.165) is 20.0 Å². The molecule has 2 aliphatic heterocycles. The van der Waals surface area contributed by atoms with Gasteiger partial charge in [-0.3, -0.25) is 14.2 Å². The van der Waals surface area contributed by atoms with Crippen molar-refractivity contribution in [2.24, 2.45) is 0 Å². The van der Waals surface area contributed by atoms with Crippen molar-refractivity contribution >= 4 is 50.6 Å². The van der Waals surface area contributed by atoms with E-state index in [2.05, 4.69) is 17.6 Å². The number of carbonyl (C=O) groups excluding carboxylic acids is 1. The molecule has 5 heterocycles. The fourth-order valence-electron chi connectivity index (χ4n) is 5.47. The molecule has 0 amide bonds. The van der Waals surface area contributed by atoms with Crippen LogP contribution in [0.3, 0.4) is 0 Å². The second-order valence-corrected chi connectivity index (χ2v) is 13.0. The zero-order valence-corrected chi connectivity index (χ0v) is 25.1. The quantitative estimate of drug-likeness (QED) is 0.290. The Labute approximate surface area is 248 Å². The molecule has 2 aliphatic rings. The zero-order valence-electron chi connectivity index (χ0n) is 22.6. The number of hydrogen-bond acceptors (Lipinski definition) is 10. The van der Waals surface area contributed by atoms with Crippen LogP contribution in [0.5, 0.6) is 0 Å². The van der Waals surface area contributed by atoms with Gasteiger partial charge in [0.2, 0.25) is 5.12 Å². The third kappa shape index (κ3) is 4.83. The Morgan fingerprint density at radius 2 is 1.95 bits per heavy atom. The maximum absolute atomic E-state index is 14.2. The summed E-state index contributed by atoms with van der Waals surface area (Å²) in [4.78, 5) is 46.4. The van der Waals surface area contributed by atoms with Crippen molar-refractivity contribution in [3.8, 4) is 9.88 Å². The molecule has 0 aliphatic carbocycles. The van der Waals surface area contributed by atoms with Crippen molar-refractivity contribution in [2.75, 3.05) is 13.2 Å². The van der Waals surface area contributed by atoms with Crippen LogP contribution in [0.2, 0.25) is 0 Å². The Morgan fingerprint density at radius 1 is 1.22 bits per heavy atom. The Hall–Kier alpha value is -2.65. The maximum atomic E-state index is 14.2. The van der Waals surface area contributed by atoms with Crippen LogP contribution in [-0.4, -0.2) is 62.0 Å². The number of carbonyl (C=O) groups is 1. The van der Waals surface area contributed by atoms with Gasteiger partial charge in [-0.15, -0.1) is 35.3 Å². The number of hydrogen-bond donors (Lipinski definition) is 2. The molecule has 0 spiro atoms. The van der Waals surface area contributed by atoms with Crippen LogP contribution < -0.4 is 11.2 Å². The molecule has 1 aromatic carbocycles. The summed E-state index contributed by atoms with van der Waals surface area (Å²) < 4.78 is 20.7. The summed E-state index contributed by atoms with van der Waals surface area (Å²) in [5.74, 6) is 0. The van der Waals surface area contributed by atoms with Gasteiger partial charge in [0.15, 0.2) is 0 Å². The summed E-state index contributed by atoms with van der Waals surface area (Å²) in [7, 11) is 0. The van der Waals surface area contributed by atoms with E-state index in [1.54, 1.807) is 6.20 Å². The Bertz CT molecular complexity index is 1710. The van der Waals surface area contributed by atoms with Gasteiger partial charge in [-0.2, -0.15) is 0 Å². The highest BCUT2D eigenvalue weighted by atomic mass is 32.1. The molecule has 1 N–H and O–H groups in total. The van der Waals surface area contributed by atoms with Gasteiger partial charge in [0, 0.05) is 11.6 Å². The van der Waals surface area contributed by atoms with Crippen molar-refractivity contribution in [1.29, 1.82) is 0 Å². The van der Waals surface area contributed by atoms with E-state index < -0.39 is 52.4 Å². The first-order valence-electron chi connectivity index (χ1n) is 13.1. The van der Waals surface area contributed by atoms with E-state index in [1.807, 2.05) is 42.6 Å². The minimum atomic E-state index is -1.51. The molecule has 3 unspecified atom stereocenters. The first kappa shape index (κ1) is 28.5. The van der Waals surface area contributed by atoms with Crippen molar-refractivity contribution in [2.45, 2.75) is 63.4 Å². The van der Waals surface area contributed by atoms with E-state index in [1.165, 1.54) is 41.1 Å². The highest BCUT2D eigenvalue weighted by Gasteiger charge is 2.48. The van der Waals surface area contributed by atoms with Crippen LogP contribution in [0.1, 0.15) is 31.1 Å². The number of aryl methyl sites for hydroxylation is 1. The summed E-state index contributed by atoms with van der Waals surface area (Å²) in [5, 5.41) is 12.5. The molecule has 0 bridgehead atoms. The number of aliphatic hydroxyl groups excluding tert-OH is 1. The standard InChI is InChI=1S/C28H29N3O7S3/c1-14-19-24(33)31(28(2,3)26(34)39)27(35)30(25(19)41-22(14)23-29-9-10-40-23)11-17(15-7-5-4-6-8-15)38-18-13-37-20-16(32)12-36-21(18)20/h4-10,16-18,20-21,32H,11-13H2,1-3H3,(H,34,39)/t16-,17?,18-,20?,21?/m0/s1. The van der Waals surface area contributed by atoms with Crippen LogP contribution in [-0.2, 0) is 31.1 Å². The molecule has 0 radical (unpaired) electrons. The van der Waals surface area contributed by atoms with Crippen molar-refractivity contribution < 1.29 is 24.1 Å². The third-order valence-electron chi connectivity index (χ3n) is 7.76. The summed E-state index contributed by atoms with van der Waals surface area (Å²) >= 11 is 6.77. The molecule has 4 aromatic rings. The summed E-state index contributed by atoms with van der Waals surface area (Å²) in [6.45, 7) is 5.28. The molecule has 0 saturated carbocycles. The lowest BCUT2D eigenvalue weighted by atomic mass is 10.1. The molecule has 2 fully saturated rings. The fraction of sp³-hybridized carbons (Fsp3) is 0.429. The van der Waals surface area contributed by atoms with E-state index in [-0.39, 0.29) is 19.8 Å². The Balaban J connectivity index is 1.53. The number of nitrogens with zero attached hydrogens (tertiary/aromatic N) is 3. The monoisotopic (exact) mass is 615 g/mol. The molecular formula is C28H29N3O7S3. The zero-order chi connectivity index (χ0) is 29.1. The first-order valence-corrected chi connectivity index (χ1v) is 15.3. The lowest BCUT2D eigenvalue weighted by molar-refractivity contribution is -0.117. The van der Waals surface area contributed by atoms with Gasteiger partial charge < -0.3 is 19.3 Å². The molecule has 41 heavy (non-hydrogen) atoms. The first-order chi connectivity index (χ1) is 19.6. The number of rotatable bonds is 8. The van der Waals surface area contributed by atoms with E-state index in [0.29, 0.717) is 15.8 Å². The minimum absolute atomic E-state index is 0.0458. The van der Waals surface area contributed by atoms with Crippen LogP contribution in [0.4, 0.5) is 0 Å². The van der Waals surface area contributed by atoms with Crippen molar-refractivity contribution in [1.82, 2.24) is 14.1 Å². The SMILES string of the molecule is Cc1c(-c2nccs2)sc2c1c(=O)n(C(C)(C)C(=O)S)c(=O)n2CC(O[C@H]1COC2C1OC[C@@H]2O)c1ccccc1. The molecule has 216 valence electrons. The summed E-state index contributed by atoms with van der Waals surface area (Å²) in [5.41, 5.74) is -1.20. The largest absolute Gasteiger partial charge is 0.388 e. The molecular weight excluding hydrogens is 587 g/mol. The smallest absolute Gasteiger partial charge is 0.333 e. The van der Waals surface area contributed by atoms with Gasteiger partial charge in [-0.25, -0.2) is 14.3 Å². The minimum Gasteiger partial charge on any atom is -0.388 e. The molecule has 3 aromatic heterocycles. The normalized spacial score (nSPS) is 23.2. The number of benzene rings is 1. The van der Waals surface area contributed by atoms with Gasteiger partial charge in [0.1, 0.15) is 45.9 Å².